The Hall–Kier alpha value is -0.550. The van der Waals surface area contributed by atoms with Crippen LogP contribution in [0.2, 0.25) is 0 Å². The van der Waals surface area contributed by atoms with Crippen LogP contribution in [0.25, 0.3) is 0 Å². The van der Waals surface area contributed by atoms with Gasteiger partial charge >= 0.3 is 0 Å². The Balaban J connectivity index is 1.86. The van der Waals surface area contributed by atoms with Crippen LogP contribution in [0.4, 0.5) is 0 Å². The van der Waals surface area contributed by atoms with Gasteiger partial charge in [-0.3, -0.25) is 4.90 Å². The van der Waals surface area contributed by atoms with Crippen molar-refractivity contribution in [3.8, 4) is 0 Å². The maximum atomic E-state index is 5.21. The highest BCUT2D eigenvalue weighted by Gasteiger charge is 2.14. The summed E-state index contributed by atoms with van der Waals surface area (Å²) in [5.74, 6) is 4.05. The van der Waals surface area contributed by atoms with Crippen LogP contribution in [0.1, 0.15) is 25.1 Å². The van der Waals surface area contributed by atoms with Crippen LogP contribution in [-0.4, -0.2) is 39.6 Å². The molecule has 15 heavy (non-hydrogen) atoms. The van der Waals surface area contributed by atoms with Crippen molar-refractivity contribution in [3.05, 3.63) is 11.7 Å². The number of hydrogen-bond acceptors (Lipinski definition) is 5. The van der Waals surface area contributed by atoms with Crippen molar-refractivity contribution in [3.63, 3.8) is 0 Å². The Morgan fingerprint density at radius 1 is 1.40 bits per heavy atom. The molecule has 0 aliphatic carbocycles. The van der Waals surface area contributed by atoms with Gasteiger partial charge < -0.3 is 4.52 Å². The molecule has 4 nitrogen and oxygen atoms in total. The zero-order valence-corrected chi connectivity index (χ0v) is 9.92. The lowest BCUT2D eigenvalue weighted by Crippen LogP contribution is -2.32. The largest absolute Gasteiger partial charge is 0.338 e. The number of hydrogen-bond donors (Lipinski definition) is 0. The van der Waals surface area contributed by atoms with E-state index in [4.69, 9.17) is 4.52 Å². The number of aromatic nitrogens is 2. The third kappa shape index (κ3) is 3.21. The van der Waals surface area contributed by atoms with E-state index >= 15 is 0 Å². The van der Waals surface area contributed by atoms with Gasteiger partial charge in [0.1, 0.15) is 0 Å². The van der Waals surface area contributed by atoms with Crippen LogP contribution < -0.4 is 0 Å². The molecule has 0 radical (unpaired) electrons. The highest BCUT2D eigenvalue weighted by molar-refractivity contribution is 7.99. The monoisotopic (exact) mass is 227 g/mol. The summed E-state index contributed by atoms with van der Waals surface area (Å²) in [6.45, 7) is 5.21. The zero-order chi connectivity index (χ0) is 10.5. The van der Waals surface area contributed by atoms with Crippen molar-refractivity contribution < 1.29 is 4.52 Å². The lowest BCUT2D eigenvalue weighted by atomic mass is 10.3. The van der Waals surface area contributed by atoms with Gasteiger partial charge in [0.25, 0.3) is 0 Å². The Kier molecular flexibility index (Phi) is 4.02. The summed E-state index contributed by atoms with van der Waals surface area (Å²) >= 11 is 2.01. The van der Waals surface area contributed by atoms with E-state index in [1.165, 1.54) is 11.5 Å². The summed E-state index contributed by atoms with van der Waals surface area (Å²) in [6, 6.07) is 0. The van der Waals surface area contributed by atoms with Gasteiger partial charge in [-0.2, -0.15) is 16.7 Å². The summed E-state index contributed by atoms with van der Waals surface area (Å²) in [6.07, 6.45) is 1.98. The van der Waals surface area contributed by atoms with E-state index in [1.54, 1.807) is 0 Å². The Morgan fingerprint density at radius 3 is 2.93 bits per heavy atom. The lowest BCUT2D eigenvalue weighted by Gasteiger charge is -2.24. The molecule has 0 atom stereocenters. The van der Waals surface area contributed by atoms with E-state index in [1.807, 2.05) is 11.8 Å². The first-order chi connectivity index (χ1) is 7.38. The molecule has 0 amide bonds. The van der Waals surface area contributed by atoms with Gasteiger partial charge in [-0.05, 0) is 6.42 Å². The van der Waals surface area contributed by atoms with Gasteiger partial charge in [0.05, 0.1) is 6.54 Å². The first kappa shape index (κ1) is 11.0. The van der Waals surface area contributed by atoms with E-state index in [-0.39, 0.29) is 0 Å². The second kappa shape index (κ2) is 5.51. The van der Waals surface area contributed by atoms with Crippen molar-refractivity contribution in [1.82, 2.24) is 15.0 Å². The number of rotatable bonds is 4. The third-order valence-electron chi connectivity index (χ3n) is 2.45. The molecular formula is C10H17N3OS. The van der Waals surface area contributed by atoms with Gasteiger partial charge in [-0.25, -0.2) is 0 Å². The van der Waals surface area contributed by atoms with Gasteiger partial charge in [-0.1, -0.05) is 12.1 Å². The number of aryl methyl sites for hydroxylation is 1. The standard InChI is InChI=1S/C10H17N3OS/c1-2-3-9-11-10(14-12-9)8-13-4-6-15-7-5-13/h2-8H2,1H3. The quantitative estimate of drug-likeness (QED) is 0.781. The van der Waals surface area contributed by atoms with Crippen molar-refractivity contribution in [2.45, 2.75) is 26.3 Å². The van der Waals surface area contributed by atoms with Crippen molar-refractivity contribution in [2.24, 2.45) is 0 Å². The van der Waals surface area contributed by atoms with Crippen LogP contribution in [0.5, 0.6) is 0 Å². The summed E-state index contributed by atoms with van der Waals surface area (Å²) in [7, 11) is 0. The Morgan fingerprint density at radius 2 is 2.20 bits per heavy atom. The van der Waals surface area contributed by atoms with Crippen molar-refractivity contribution >= 4 is 11.8 Å². The van der Waals surface area contributed by atoms with Gasteiger partial charge in [0, 0.05) is 31.0 Å². The maximum absolute atomic E-state index is 5.21. The van der Waals surface area contributed by atoms with Gasteiger partial charge in [0.2, 0.25) is 5.89 Å². The van der Waals surface area contributed by atoms with Crippen molar-refractivity contribution in [1.29, 1.82) is 0 Å². The second-order valence-corrected chi connectivity index (χ2v) is 4.97. The molecule has 0 saturated carbocycles. The van der Waals surface area contributed by atoms with Crippen LogP contribution in [-0.2, 0) is 13.0 Å². The Labute approximate surface area is 94.4 Å². The molecule has 0 bridgehead atoms. The molecule has 0 N–H and O–H groups in total. The fourth-order valence-corrected chi connectivity index (χ4v) is 2.61. The smallest absolute Gasteiger partial charge is 0.240 e. The molecule has 1 aromatic heterocycles. The van der Waals surface area contributed by atoms with Crippen LogP contribution in [0, 0.1) is 0 Å². The summed E-state index contributed by atoms with van der Waals surface area (Å²) < 4.78 is 5.21. The van der Waals surface area contributed by atoms with Crippen LogP contribution >= 0.6 is 11.8 Å². The molecule has 1 aliphatic heterocycles. The van der Waals surface area contributed by atoms with Crippen molar-refractivity contribution in [2.75, 3.05) is 24.6 Å². The third-order valence-corrected chi connectivity index (χ3v) is 3.39. The number of nitrogens with zero attached hydrogens (tertiary/aromatic N) is 3. The maximum Gasteiger partial charge on any atom is 0.240 e. The average Bonchev–Trinajstić information content (AvgIpc) is 2.68. The van der Waals surface area contributed by atoms with E-state index in [9.17, 15) is 0 Å². The fraction of sp³-hybridized carbons (Fsp3) is 0.800. The summed E-state index contributed by atoms with van der Waals surface area (Å²) in [5.41, 5.74) is 0. The second-order valence-electron chi connectivity index (χ2n) is 3.74. The minimum atomic E-state index is 0.769. The molecule has 5 heteroatoms. The lowest BCUT2D eigenvalue weighted by molar-refractivity contribution is 0.245. The van der Waals surface area contributed by atoms with Gasteiger partial charge in [-0.15, -0.1) is 0 Å². The summed E-state index contributed by atoms with van der Waals surface area (Å²) in [4.78, 5) is 6.74. The minimum absolute atomic E-state index is 0.769. The zero-order valence-electron chi connectivity index (χ0n) is 9.11. The molecule has 0 aromatic carbocycles. The molecule has 1 aromatic rings. The molecule has 1 aliphatic rings. The fourth-order valence-electron chi connectivity index (χ4n) is 1.63. The Bertz CT molecular complexity index is 297. The molecule has 2 heterocycles. The van der Waals surface area contributed by atoms with E-state index in [0.29, 0.717) is 0 Å². The SMILES string of the molecule is CCCc1noc(CN2CCSCC2)n1. The van der Waals surface area contributed by atoms with Gasteiger partial charge in [0.15, 0.2) is 5.82 Å². The highest BCUT2D eigenvalue weighted by Crippen LogP contribution is 2.12. The molecule has 2 rings (SSSR count). The highest BCUT2D eigenvalue weighted by atomic mass is 32.2. The van der Waals surface area contributed by atoms with E-state index in [0.717, 1.165) is 44.2 Å². The first-order valence-electron chi connectivity index (χ1n) is 5.50. The normalized spacial score (nSPS) is 18.2. The molecule has 1 fully saturated rings. The predicted octanol–water partition coefficient (Wildman–Crippen LogP) is 1.57. The molecule has 0 unspecified atom stereocenters. The average molecular weight is 227 g/mol. The minimum Gasteiger partial charge on any atom is -0.338 e. The molecule has 0 spiro atoms. The van der Waals surface area contributed by atoms with E-state index in [2.05, 4.69) is 22.0 Å². The topological polar surface area (TPSA) is 42.2 Å². The van der Waals surface area contributed by atoms with Crippen LogP contribution in [0.3, 0.4) is 0 Å². The predicted molar refractivity (Wildman–Crippen MR) is 60.9 cm³/mol. The molecule has 84 valence electrons. The summed E-state index contributed by atoms with van der Waals surface area (Å²) in [5, 5.41) is 3.95. The number of thioether (sulfide) groups is 1. The van der Waals surface area contributed by atoms with E-state index < -0.39 is 0 Å². The molecule has 1 saturated heterocycles. The first-order valence-corrected chi connectivity index (χ1v) is 6.65. The van der Waals surface area contributed by atoms with Crippen LogP contribution in [0.15, 0.2) is 4.52 Å². The molecular weight excluding hydrogens is 210 g/mol.